The number of benzene rings is 1. The number of aromatic nitrogens is 1. The standard InChI is InChI=1S/C21H21NO6/c1-4-28-20(27)15-9-14-16(10-21(2,3)11-17(14)23)22(18(15)24)13-7-5-12(6-8-13)19(25)26/h5-9H,4,10-11H2,1-3H3,(H,25,26). The minimum absolute atomic E-state index is 0.0728. The van der Waals surface area contributed by atoms with E-state index in [9.17, 15) is 19.2 Å². The Morgan fingerprint density at radius 3 is 2.36 bits per heavy atom. The fraction of sp³-hybridized carbons (Fsp3) is 0.333. The first-order chi connectivity index (χ1) is 13.1. The summed E-state index contributed by atoms with van der Waals surface area (Å²) in [6.45, 7) is 5.61. The number of carboxylic acids is 1. The van der Waals surface area contributed by atoms with Gasteiger partial charge in [0.15, 0.2) is 5.78 Å². The van der Waals surface area contributed by atoms with Crippen LogP contribution in [0.25, 0.3) is 5.69 Å². The number of esters is 1. The summed E-state index contributed by atoms with van der Waals surface area (Å²) in [5, 5.41) is 9.10. The minimum atomic E-state index is -1.09. The molecule has 28 heavy (non-hydrogen) atoms. The second kappa shape index (κ2) is 7.07. The maximum atomic E-state index is 13.1. The van der Waals surface area contributed by atoms with Crippen molar-refractivity contribution < 1.29 is 24.2 Å². The number of carbonyl (C=O) groups is 3. The quantitative estimate of drug-likeness (QED) is 0.815. The fourth-order valence-corrected chi connectivity index (χ4v) is 3.50. The summed E-state index contributed by atoms with van der Waals surface area (Å²) in [6, 6.07) is 7.07. The molecule has 0 aliphatic heterocycles. The molecule has 2 aromatic rings. The smallest absolute Gasteiger partial charge is 0.343 e. The lowest BCUT2D eigenvalue weighted by atomic mass is 9.75. The summed E-state index contributed by atoms with van der Waals surface area (Å²) in [5.74, 6) is -2.02. The summed E-state index contributed by atoms with van der Waals surface area (Å²) < 4.78 is 6.30. The van der Waals surface area contributed by atoms with E-state index >= 15 is 0 Å². The van der Waals surface area contributed by atoms with Gasteiger partial charge in [-0.2, -0.15) is 0 Å². The van der Waals surface area contributed by atoms with Crippen LogP contribution in [-0.2, 0) is 11.2 Å². The molecule has 0 fully saturated rings. The van der Waals surface area contributed by atoms with E-state index in [0.29, 0.717) is 29.8 Å². The van der Waals surface area contributed by atoms with E-state index in [1.807, 2.05) is 13.8 Å². The van der Waals surface area contributed by atoms with Crippen molar-refractivity contribution >= 4 is 17.7 Å². The molecule has 1 N–H and O–H groups in total. The van der Waals surface area contributed by atoms with Crippen LogP contribution in [0.3, 0.4) is 0 Å². The van der Waals surface area contributed by atoms with E-state index in [2.05, 4.69) is 0 Å². The highest BCUT2D eigenvalue weighted by atomic mass is 16.5. The fourth-order valence-electron chi connectivity index (χ4n) is 3.50. The monoisotopic (exact) mass is 383 g/mol. The number of carboxylic acid groups (broad SMARTS) is 1. The zero-order chi connectivity index (χ0) is 20.6. The van der Waals surface area contributed by atoms with E-state index in [1.54, 1.807) is 6.92 Å². The molecule has 0 saturated heterocycles. The summed E-state index contributed by atoms with van der Waals surface area (Å²) >= 11 is 0. The van der Waals surface area contributed by atoms with Crippen LogP contribution in [0, 0.1) is 5.41 Å². The van der Waals surface area contributed by atoms with E-state index in [4.69, 9.17) is 9.84 Å². The molecular formula is C21H21NO6. The Bertz CT molecular complexity index is 1030. The van der Waals surface area contributed by atoms with Crippen molar-refractivity contribution in [3.63, 3.8) is 0 Å². The third-order valence-corrected chi connectivity index (χ3v) is 4.76. The molecule has 146 valence electrons. The van der Waals surface area contributed by atoms with Crippen LogP contribution < -0.4 is 5.56 Å². The van der Waals surface area contributed by atoms with Gasteiger partial charge >= 0.3 is 11.9 Å². The molecule has 7 nitrogen and oxygen atoms in total. The Labute approximate surface area is 161 Å². The van der Waals surface area contributed by atoms with Crippen LogP contribution in [0.5, 0.6) is 0 Å². The number of aromatic carboxylic acids is 1. The van der Waals surface area contributed by atoms with Crippen molar-refractivity contribution in [3.8, 4) is 5.69 Å². The molecule has 1 aliphatic carbocycles. The average Bonchev–Trinajstić information content (AvgIpc) is 2.60. The van der Waals surface area contributed by atoms with Gasteiger partial charge in [-0.1, -0.05) is 13.8 Å². The highest BCUT2D eigenvalue weighted by Gasteiger charge is 2.35. The Morgan fingerprint density at radius 1 is 1.14 bits per heavy atom. The third kappa shape index (κ3) is 3.47. The zero-order valence-corrected chi connectivity index (χ0v) is 15.9. The van der Waals surface area contributed by atoms with Crippen molar-refractivity contribution in [1.29, 1.82) is 0 Å². The number of Topliss-reactive ketones (excluding diaryl/α,β-unsaturated/α-hetero) is 1. The van der Waals surface area contributed by atoms with E-state index in [1.165, 1.54) is 34.9 Å². The van der Waals surface area contributed by atoms with E-state index in [0.717, 1.165) is 0 Å². The minimum Gasteiger partial charge on any atom is -0.478 e. The zero-order valence-electron chi connectivity index (χ0n) is 15.9. The van der Waals surface area contributed by atoms with Gasteiger partial charge < -0.3 is 9.84 Å². The first-order valence-corrected chi connectivity index (χ1v) is 8.97. The van der Waals surface area contributed by atoms with Crippen LogP contribution in [0.1, 0.15) is 64.0 Å². The largest absolute Gasteiger partial charge is 0.478 e. The molecule has 1 aliphatic rings. The highest BCUT2D eigenvalue weighted by molar-refractivity contribution is 6.01. The number of nitrogens with zero attached hydrogens (tertiary/aromatic N) is 1. The number of rotatable bonds is 4. The van der Waals surface area contributed by atoms with Crippen LogP contribution in [0.2, 0.25) is 0 Å². The summed E-state index contributed by atoms with van der Waals surface area (Å²) in [5.41, 5.74) is 0.157. The molecule has 0 radical (unpaired) electrons. The molecule has 1 aromatic heterocycles. The van der Waals surface area contributed by atoms with Crippen LogP contribution in [0.15, 0.2) is 35.1 Å². The normalized spacial score (nSPS) is 15.0. The van der Waals surface area contributed by atoms with Crippen LogP contribution in [-0.4, -0.2) is 34.0 Å². The molecule has 0 spiro atoms. The van der Waals surface area contributed by atoms with Crippen molar-refractivity contribution in [2.45, 2.75) is 33.6 Å². The van der Waals surface area contributed by atoms with Gasteiger partial charge in [0.05, 0.1) is 12.2 Å². The predicted molar refractivity (Wildman–Crippen MR) is 101 cm³/mol. The third-order valence-electron chi connectivity index (χ3n) is 4.76. The molecular weight excluding hydrogens is 362 g/mol. The molecule has 7 heteroatoms. The predicted octanol–water partition coefficient (Wildman–Crippen LogP) is 2.87. The van der Waals surface area contributed by atoms with E-state index in [-0.39, 0.29) is 28.9 Å². The van der Waals surface area contributed by atoms with E-state index < -0.39 is 17.5 Å². The summed E-state index contributed by atoms with van der Waals surface area (Å²) in [6.07, 6.45) is 0.769. The maximum Gasteiger partial charge on any atom is 0.343 e. The summed E-state index contributed by atoms with van der Waals surface area (Å²) in [4.78, 5) is 49.3. The number of ether oxygens (including phenoxy) is 1. The number of hydrogen-bond donors (Lipinski definition) is 1. The second-order valence-corrected chi connectivity index (χ2v) is 7.57. The first-order valence-electron chi connectivity index (χ1n) is 8.97. The Balaban J connectivity index is 2.30. The topological polar surface area (TPSA) is 103 Å². The van der Waals surface area contributed by atoms with Gasteiger partial charge in [0.1, 0.15) is 5.56 Å². The molecule has 0 amide bonds. The molecule has 1 heterocycles. The molecule has 0 atom stereocenters. The second-order valence-electron chi connectivity index (χ2n) is 7.57. The van der Waals surface area contributed by atoms with Gasteiger partial charge in [0, 0.05) is 23.4 Å². The van der Waals surface area contributed by atoms with Crippen LogP contribution >= 0.6 is 0 Å². The van der Waals surface area contributed by atoms with Gasteiger partial charge in [-0.15, -0.1) is 0 Å². The summed E-state index contributed by atoms with van der Waals surface area (Å²) in [7, 11) is 0. The van der Waals surface area contributed by atoms with Crippen LogP contribution in [0.4, 0.5) is 0 Å². The number of pyridine rings is 1. The van der Waals surface area contributed by atoms with Gasteiger partial charge in [-0.3, -0.25) is 14.2 Å². The lowest BCUT2D eigenvalue weighted by Gasteiger charge is -2.32. The van der Waals surface area contributed by atoms with Gasteiger partial charge in [0.2, 0.25) is 0 Å². The molecule has 0 saturated carbocycles. The Morgan fingerprint density at radius 2 is 1.79 bits per heavy atom. The van der Waals surface area contributed by atoms with Gasteiger partial charge in [0.25, 0.3) is 5.56 Å². The van der Waals surface area contributed by atoms with Gasteiger partial charge in [-0.05, 0) is 49.1 Å². The lowest BCUT2D eigenvalue weighted by molar-refractivity contribution is 0.0523. The highest BCUT2D eigenvalue weighted by Crippen LogP contribution is 2.35. The first kappa shape index (κ1) is 19.5. The SMILES string of the molecule is CCOC(=O)c1cc2c(n(-c3ccc(C(=O)O)cc3)c1=O)CC(C)(C)CC2=O. The number of carbonyl (C=O) groups excluding carboxylic acids is 2. The molecule has 0 bridgehead atoms. The number of fused-ring (bicyclic) bond motifs is 1. The van der Waals surface area contributed by atoms with Crippen molar-refractivity contribution in [1.82, 2.24) is 4.57 Å². The molecule has 0 unspecified atom stereocenters. The van der Waals surface area contributed by atoms with Gasteiger partial charge in [-0.25, -0.2) is 9.59 Å². The molecule has 3 rings (SSSR count). The lowest BCUT2D eigenvalue weighted by Crippen LogP contribution is -2.36. The number of ketones is 1. The molecule has 1 aromatic carbocycles. The Kier molecular flexibility index (Phi) is 4.93. The maximum absolute atomic E-state index is 13.1. The average molecular weight is 383 g/mol. The Hall–Kier alpha value is -3.22. The number of hydrogen-bond acceptors (Lipinski definition) is 5. The van der Waals surface area contributed by atoms with Crippen molar-refractivity contribution in [2.75, 3.05) is 6.61 Å². The van der Waals surface area contributed by atoms with Crippen molar-refractivity contribution in [2.24, 2.45) is 5.41 Å². The van der Waals surface area contributed by atoms with Crippen molar-refractivity contribution in [3.05, 3.63) is 63.1 Å².